The zero-order valence-electron chi connectivity index (χ0n) is 10.8. The van der Waals surface area contributed by atoms with E-state index >= 15 is 0 Å². The van der Waals surface area contributed by atoms with E-state index in [1.54, 1.807) is 0 Å². The van der Waals surface area contributed by atoms with Gasteiger partial charge in [0.25, 0.3) is 0 Å². The fourth-order valence-corrected chi connectivity index (χ4v) is 0.766. The van der Waals surface area contributed by atoms with Gasteiger partial charge in [0, 0.05) is 13.5 Å². The highest BCUT2D eigenvalue weighted by atomic mass is 16.6. The van der Waals surface area contributed by atoms with Gasteiger partial charge in [-0.25, -0.2) is 0 Å². The number of hydrogen-bond donors (Lipinski definition) is 2. The highest BCUT2D eigenvalue weighted by Crippen LogP contribution is 2.09. The molecule has 0 spiro atoms. The number of aliphatic hydroxyl groups excluding tert-OH is 2. The third kappa shape index (κ3) is 15.8. The molecule has 0 radical (unpaired) electrons. The Morgan fingerprint density at radius 1 is 1.44 bits per heavy atom. The molecule has 1 atom stereocenters. The first-order valence-electron chi connectivity index (χ1n) is 5.31. The lowest BCUT2D eigenvalue weighted by molar-refractivity contribution is -0.159. The fraction of sp³-hybridized carbons (Fsp3) is 0.909. The maximum atomic E-state index is 10.5. The molecule has 0 saturated carbocycles. The Hall–Kier alpha value is -0.650. The summed E-state index contributed by atoms with van der Waals surface area (Å²) in [6, 6.07) is 0. The van der Waals surface area contributed by atoms with Crippen LogP contribution in [0.2, 0.25) is 0 Å². The van der Waals surface area contributed by atoms with Crippen molar-refractivity contribution in [1.82, 2.24) is 0 Å². The van der Waals surface area contributed by atoms with Crippen molar-refractivity contribution in [2.24, 2.45) is 0 Å². The maximum Gasteiger partial charge on any atom is 0.303 e. The molecule has 5 heteroatoms. The summed E-state index contributed by atoms with van der Waals surface area (Å²) in [6.07, 6.45) is -0.560. The third-order valence-electron chi connectivity index (χ3n) is 1.34. The van der Waals surface area contributed by atoms with Crippen molar-refractivity contribution in [2.45, 2.75) is 46.3 Å². The largest absolute Gasteiger partial charge is 0.457 e. The average Bonchev–Trinajstić information content (AvgIpc) is 2.14. The average molecular weight is 236 g/mol. The normalized spacial score (nSPS) is 12.4. The Balaban J connectivity index is 0. The van der Waals surface area contributed by atoms with Crippen LogP contribution >= 0.6 is 0 Å². The Kier molecular flexibility index (Phi) is 10.6. The van der Waals surface area contributed by atoms with Gasteiger partial charge >= 0.3 is 5.97 Å². The van der Waals surface area contributed by atoms with Crippen LogP contribution in [0, 0.1) is 0 Å². The van der Waals surface area contributed by atoms with E-state index in [1.165, 1.54) is 13.8 Å². The maximum absolute atomic E-state index is 10.5. The molecule has 98 valence electrons. The van der Waals surface area contributed by atoms with Gasteiger partial charge in [0.2, 0.25) is 0 Å². The SMILES string of the molecule is CC(O)CO.CCOCC(C)(C)OC(C)=O. The Labute approximate surface area is 97.4 Å². The molecule has 1 unspecified atom stereocenters. The van der Waals surface area contributed by atoms with Crippen molar-refractivity contribution < 1.29 is 24.5 Å². The Morgan fingerprint density at radius 3 is 2.12 bits per heavy atom. The lowest BCUT2D eigenvalue weighted by atomic mass is 10.1. The molecule has 0 aromatic heterocycles. The number of carbonyl (C=O) groups excluding carboxylic acids is 1. The minimum absolute atomic E-state index is 0.139. The first-order chi connectivity index (χ1) is 7.25. The van der Waals surface area contributed by atoms with Gasteiger partial charge in [-0.2, -0.15) is 0 Å². The second kappa shape index (κ2) is 9.57. The number of hydrogen-bond acceptors (Lipinski definition) is 5. The number of aliphatic hydroxyl groups is 2. The smallest absolute Gasteiger partial charge is 0.303 e. The molecule has 2 N–H and O–H groups in total. The molecule has 5 nitrogen and oxygen atoms in total. The van der Waals surface area contributed by atoms with Crippen molar-refractivity contribution >= 4 is 5.97 Å². The highest BCUT2D eigenvalue weighted by Gasteiger charge is 2.20. The summed E-state index contributed by atoms with van der Waals surface area (Å²) < 4.78 is 10.1. The van der Waals surface area contributed by atoms with Crippen molar-refractivity contribution in [3.8, 4) is 0 Å². The topological polar surface area (TPSA) is 76.0 Å². The molecule has 0 bridgehead atoms. The van der Waals surface area contributed by atoms with Crippen molar-refractivity contribution in [3.63, 3.8) is 0 Å². The molecule has 0 heterocycles. The minimum Gasteiger partial charge on any atom is -0.457 e. The van der Waals surface area contributed by atoms with Gasteiger partial charge in [0.15, 0.2) is 0 Å². The zero-order chi connectivity index (χ0) is 13.2. The van der Waals surface area contributed by atoms with Crippen LogP contribution in [0.5, 0.6) is 0 Å². The van der Waals surface area contributed by atoms with Gasteiger partial charge in [0.05, 0.1) is 19.3 Å². The van der Waals surface area contributed by atoms with Crippen LogP contribution in [-0.4, -0.2) is 47.7 Å². The summed E-state index contributed by atoms with van der Waals surface area (Å²) >= 11 is 0. The van der Waals surface area contributed by atoms with E-state index in [4.69, 9.17) is 19.7 Å². The van der Waals surface area contributed by atoms with Crippen molar-refractivity contribution in [3.05, 3.63) is 0 Å². The predicted octanol–water partition coefficient (Wildman–Crippen LogP) is 0.724. The molecule has 0 aromatic rings. The summed E-state index contributed by atoms with van der Waals surface area (Å²) in [6.45, 7) is 9.43. The van der Waals surface area contributed by atoms with Crippen LogP contribution in [0.25, 0.3) is 0 Å². The van der Waals surface area contributed by atoms with Crippen LogP contribution < -0.4 is 0 Å². The molecule has 0 fully saturated rings. The van der Waals surface area contributed by atoms with Gasteiger partial charge in [0.1, 0.15) is 5.60 Å². The van der Waals surface area contributed by atoms with E-state index in [0.29, 0.717) is 13.2 Å². The second-order valence-corrected chi connectivity index (χ2v) is 4.02. The van der Waals surface area contributed by atoms with E-state index in [2.05, 4.69) is 0 Å². The standard InChI is InChI=1S/C8H16O3.C3H8O2/c1-5-10-6-8(3,4)11-7(2)9;1-3(5)2-4/h5-6H2,1-4H3;3-5H,2H2,1H3. The molecule has 0 aromatic carbocycles. The molecule has 0 aliphatic heterocycles. The fourth-order valence-electron chi connectivity index (χ4n) is 0.766. The third-order valence-corrected chi connectivity index (χ3v) is 1.34. The Bertz CT molecular complexity index is 177. The lowest BCUT2D eigenvalue weighted by Crippen LogP contribution is -2.32. The van der Waals surface area contributed by atoms with Crippen molar-refractivity contribution in [1.29, 1.82) is 0 Å². The van der Waals surface area contributed by atoms with E-state index in [1.807, 2.05) is 20.8 Å². The van der Waals surface area contributed by atoms with Crippen LogP contribution in [0.4, 0.5) is 0 Å². The molecular weight excluding hydrogens is 212 g/mol. The van der Waals surface area contributed by atoms with Crippen LogP contribution in [-0.2, 0) is 14.3 Å². The van der Waals surface area contributed by atoms with Crippen LogP contribution in [0.1, 0.15) is 34.6 Å². The van der Waals surface area contributed by atoms with Gasteiger partial charge in [-0.05, 0) is 27.7 Å². The summed E-state index contributed by atoms with van der Waals surface area (Å²) in [5, 5.41) is 16.0. The first kappa shape index (κ1) is 17.7. The van der Waals surface area contributed by atoms with Gasteiger partial charge in [-0.3, -0.25) is 4.79 Å². The summed E-state index contributed by atoms with van der Waals surface area (Å²) in [5.74, 6) is -0.269. The molecule has 0 amide bonds. The monoisotopic (exact) mass is 236 g/mol. The molecule has 0 aliphatic rings. The first-order valence-corrected chi connectivity index (χ1v) is 5.31. The van der Waals surface area contributed by atoms with E-state index in [-0.39, 0.29) is 12.6 Å². The quantitative estimate of drug-likeness (QED) is 0.688. The van der Waals surface area contributed by atoms with Gasteiger partial charge < -0.3 is 19.7 Å². The molecule has 0 aliphatic carbocycles. The lowest BCUT2D eigenvalue weighted by Gasteiger charge is -2.23. The predicted molar refractivity (Wildman–Crippen MR) is 61.1 cm³/mol. The Morgan fingerprint density at radius 2 is 1.88 bits per heavy atom. The molecule has 16 heavy (non-hydrogen) atoms. The second-order valence-electron chi connectivity index (χ2n) is 4.02. The molecule has 0 saturated heterocycles. The highest BCUT2D eigenvalue weighted by molar-refractivity contribution is 5.66. The zero-order valence-corrected chi connectivity index (χ0v) is 10.8. The van der Waals surface area contributed by atoms with Gasteiger partial charge in [-0.15, -0.1) is 0 Å². The number of esters is 1. The number of rotatable bonds is 5. The number of ether oxygens (including phenoxy) is 2. The minimum atomic E-state index is -0.560. The van der Waals surface area contributed by atoms with E-state index in [9.17, 15) is 4.79 Å². The summed E-state index contributed by atoms with van der Waals surface area (Å²) in [7, 11) is 0. The summed E-state index contributed by atoms with van der Waals surface area (Å²) in [4.78, 5) is 10.5. The van der Waals surface area contributed by atoms with Crippen LogP contribution in [0.15, 0.2) is 0 Å². The van der Waals surface area contributed by atoms with E-state index in [0.717, 1.165) is 0 Å². The summed E-state index contributed by atoms with van der Waals surface area (Å²) in [5.41, 5.74) is -0.498. The molecule has 0 rings (SSSR count). The van der Waals surface area contributed by atoms with E-state index < -0.39 is 11.7 Å². The molecular formula is C11H24O5. The van der Waals surface area contributed by atoms with Crippen molar-refractivity contribution in [2.75, 3.05) is 19.8 Å². The van der Waals surface area contributed by atoms with Crippen LogP contribution in [0.3, 0.4) is 0 Å². The van der Waals surface area contributed by atoms with Gasteiger partial charge in [-0.1, -0.05) is 0 Å². The number of carbonyl (C=O) groups is 1.